The molecule has 5 rings (SSSR count). The number of rotatable bonds is 14. The summed E-state index contributed by atoms with van der Waals surface area (Å²) in [4.78, 5) is 55.6. The molecule has 0 unspecified atom stereocenters. The zero-order valence-corrected chi connectivity index (χ0v) is 27.5. The minimum Gasteiger partial charge on any atom is -0.425 e. The third-order valence-corrected chi connectivity index (χ3v) is 8.85. The van der Waals surface area contributed by atoms with Crippen LogP contribution in [0, 0.1) is 0 Å². The maximum absolute atomic E-state index is 13.8. The number of amides is 2. The van der Waals surface area contributed by atoms with Crippen LogP contribution >= 0.6 is 0 Å². The van der Waals surface area contributed by atoms with Gasteiger partial charge in [0, 0.05) is 37.2 Å². The number of alkyl halides is 6. The van der Waals surface area contributed by atoms with Gasteiger partial charge in [0.2, 0.25) is 0 Å². The number of imide groups is 1. The molecule has 14 heteroatoms. The smallest absolute Gasteiger partial charge is 0.420 e. The maximum atomic E-state index is 13.8. The fourth-order valence-corrected chi connectivity index (χ4v) is 6.41. The quantitative estimate of drug-likeness (QED) is 0.0540. The molecule has 0 aliphatic carbocycles. The van der Waals surface area contributed by atoms with Gasteiger partial charge >= 0.3 is 24.3 Å². The Hall–Kier alpha value is -4.88. The Morgan fingerprint density at radius 3 is 1.63 bits per heavy atom. The van der Waals surface area contributed by atoms with E-state index in [4.69, 9.17) is 9.57 Å². The number of ether oxygens (including phenoxy) is 1. The van der Waals surface area contributed by atoms with Crippen LogP contribution in [0.25, 0.3) is 0 Å². The summed E-state index contributed by atoms with van der Waals surface area (Å²) in [6.07, 6.45) is -3.43. The molecule has 51 heavy (non-hydrogen) atoms. The van der Waals surface area contributed by atoms with Crippen molar-refractivity contribution in [2.24, 2.45) is 0 Å². The Morgan fingerprint density at radius 2 is 1.12 bits per heavy atom. The van der Waals surface area contributed by atoms with E-state index in [1.807, 2.05) is 4.90 Å². The number of esters is 1. The van der Waals surface area contributed by atoms with Gasteiger partial charge in [-0.3, -0.25) is 14.4 Å². The van der Waals surface area contributed by atoms with Gasteiger partial charge in [0.15, 0.2) is 5.75 Å². The van der Waals surface area contributed by atoms with Crippen LogP contribution in [0.3, 0.4) is 0 Å². The van der Waals surface area contributed by atoms with Crippen molar-refractivity contribution in [1.29, 1.82) is 0 Å². The maximum Gasteiger partial charge on any atom is 0.420 e. The Morgan fingerprint density at radius 1 is 0.647 bits per heavy atom. The van der Waals surface area contributed by atoms with Crippen molar-refractivity contribution in [3.63, 3.8) is 0 Å². The highest BCUT2D eigenvalue weighted by Gasteiger charge is 2.44. The molecular weight excluding hydrogens is 682 g/mol. The van der Waals surface area contributed by atoms with E-state index >= 15 is 0 Å². The molecule has 2 aliphatic heterocycles. The van der Waals surface area contributed by atoms with Gasteiger partial charge in [-0.2, -0.15) is 26.3 Å². The van der Waals surface area contributed by atoms with Crippen LogP contribution in [0.15, 0.2) is 66.7 Å². The highest BCUT2D eigenvalue weighted by atomic mass is 19.4. The van der Waals surface area contributed by atoms with E-state index in [0.29, 0.717) is 58.7 Å². The summed E-state index contributed by atoms with van der Waals surface area (Å²) in [6, 6.07) is 15.1. The van der Waals surface area contributed by atoms with Gasteiger partial charge in [-0.1, -0.05) is 81.0 Å². The van der Waals surface area contributed by atoms with E-state index in [2.05, 4.69) is 0 Å². The molecule has 1 fully saturated rings. The van der Waals surface area contributed by atoms with Gasteiger partial charge in [0.25, 0.3) is 11.8 Å². The molecular formula is C37H36F6N2O6. The van der Waals surface area contributed by atoms with Crippen LogP contribution in [0.4, 0.5) is 37.7 Å². The van der Waals surface area contributed by atoms with Crippen molar-refractivity contribution >= 4 is 35.1 Å². The number of unbranched alkanes of at least 4 members (excludes halogenated alkanes) is 7. The second kappa shape index (κ2) is 16.0. The van der Waals surface area contributed by atoms with E-state index in [9.17, 15) is 45.5 Å². The Kier molecular flexibility index (Phi) is 11.7. The van der Waals surface area contributed by atoms with Crippen LogP contribution < -0.4 is 9.64 Å². The van der Waals surface area contributed by atoms with E-state index in [1.54, 1.807) is 48.5 Å². The number of hydroxylamine groups is 2. The zero-order chi connectivity index (χ0) is 36.8. The zero-order valence-electron chi connectivity index (χ0n) is 27.5. The van der Waals surface area contributed by atoms with Crippen molar-refractivity contribution in [3.8, 4) is 5.75 Å². The lowest BCUT2D eigenvalue weighted by molar-refractivity contribution is -0.197. The molecule has 8 nitrogen and oxygen atoms in total. The first-order chi connectivity index (χ1) is 24.3. The molecule has 0 spiro atoms. The summed E-state index contributed by atoms with van der Waals surface area (Å²) in [7, 11) is 0. The molecule has 0 aromatic heterocycles. The second-order valence-corrected chi connectivity index (χ2v) is 12.4. The Labute approximate surface area is 290 Å². The predicted octanol–water partition coefficient (Wildman–Crippen LogP) is 9.03. The molecule has 2 heterocycles. The third kappa shape index (κ3) is 8.89. The minimum atomic E-state index is -5.20. The molecule has 0 bridgehead atoms. The molecule has 2 amide bonds. The first-order valence-electron chi connectivity index (χ1n) is 16.8. The Balaban J connectivity index is 1.17. The number of nitrogens with zero attached hydrogens (tertiary/aromatic N) is 2. The van der Waals surface area contributed by atoms with Gasteiger partial charge in [0.05, 0.1) is 11.1 Å². The van der Waals surface area contributed by atoms with Gasteiger partial charge < -0.3 is 14.5 Å². The summed E-state index contributed by atoms with van der Waals surface area (Å²) in [5, 5.41) is 0.549. The lowest BCUT2D eigenvalue weighted by Gasteiger charge is -2.37. The third-order valence-electron chi connectivity index (χ3n) is 8.85. The number of para-hydroxylation sites is 3. The molecule has 0 radical (unpaired) electrons. The van der Waals surface area contributed by atoms with E-state index in [-0.39, 0.29) is 19.3 Å². The van der Waals surface area contributed by atoms with Gasteiger partial charge in [-0.25, -0.2) is 4.79 Å². The van der Waals surface area contributed by atoms with Crippen LogP contribution in [-0.4, -0.2) is 35.4 Å². The van der Waals surface area contributed by atoms with Crippen molar-refractivity contribution < 1.29 is 55.1 Å². The lowest BCUT2D eigenvalue weighted by atomic mass is 9.84. The standard InChI is InChI=1S/C37H36F6N2O6/c38-36(39,40)26-16-13-17-27(37(41,42)43)34(26)50-35(49)33-24-14-8-10-18-28(24)44(29-19-11-9-15-25(29)33)23-12-6-4-2-1-3-5-7-20-32(48)51-45-30(46)21-22-31(45)47/h8-11,13-19,33H,1-7,12,20-23H2. The van der Waals surface area contributed by atoms with Crippen LogP contribution in [0.1, 0.15) is 98.8 Å². The molecule has 3 aromatic rings. The number of carbonyl (C=O) groups excluding carboxylic acids is 4. The fourth-order valence-electron chi connectivity index (χ4n) is 6.41. The minimum absolute atomic E-state index is 0.0477. The molecule has 2 aliphatic rings. The van der Waals surface area contributed by atoms with Crippen molar-refractivity contribution in [2.45, 2.75) is 88.9 Å². The van der Waals surface area contributed by atoms with E-state index < -0.39 is 58.9 Å². The monoisotopic (exact) mass is 718 g/mol. The topological polar surface area (TPSA) is 93.2 Å². The van der Waals surface area contributed by atoms with Crippen molar-refractivity contribution in [3.05, 3.63) is 89.0 Å². The van der Waals surface area contributed by atoms with Crippen molar-refractivity contribution in [1.82, 2.24) is 5.06 Å². The number of benzene rings is 3. The number of fused-ring (bicyclic) bond motifs is 2. The summed E-state index contributed by atoms with van der Waals surface area (Å²) in [5.74, 6) is -5.73. The molecule has 3 aromatic carbocycles. The molecule has 272 valence electrons. The molecule has 1 saturated heterocycles. The van der Waals surface area contributed by atoms with Crippen LogP contribution in [0.2, 0.25) is 0 Å². The van der Waals surface area contributed by atoms with E-state index in [1.165, 1.54) is 0 Å². The summed E-state index contributed by atoms with van der Waals surface area (Å²) >= 11 is 0. The average Bonchev–Trinajstić information content (AvgIpc) is 3.39. The number of hydrogen-bond donors (Lipinski definition) is 0. The van der Waals surface area contributed by atoms with E-state index in [0.717, 1.165) is 44.9 Å². The number of hydrogen-bond acceptors (Lipinski definition) is 7. The second-order valence-electron chi connectivity index (χ2n) is 12.4. The summed E-state index contributed by atoms with van der Waals surface area (Å²) in [5.41, 5.74) is -1.37. The normalized spacial score (nSPS) is 14.8. The summed E-state index contributed by atoms with van der Waals surface area (Å²) in [6.45, 7) is 0.551. The van der Waals surface area contributed by atoms with Gasteiger partial charge in [0.1, 0.15) is 5.92 Å². The average molecular weight is 719 g/mol. The highest BCUT2D eigenvalue weighted by molar-refractivity contribution is 6.01. The van der Waals surface area contributed by atoms with Gasteiger partial charge in [-0.15, -0.1) is 5.06 Å². The van der Waals surface area contributed by atoms with Gasteiger partial charge in [-0.05, 0) is 48.2 Å². The fraction of sp³-hybridized carbons (Fsp3) is 0.405. The highest BCUT2D eigenvalue weighted by Crippen LogP contribution is 2.48. The lowest BCUT2D eigenvalue weighted by Crippen LogP contribution is -2.31. The first kappa shape index (κ1) is 37.4. The SMILES string of the molecule is O=C(CCCCCCCCCCN1c2ccccc2C(C(=O)Oc2c(C(F)(F)F)cccc2C(F)(F)F)c2ccccc21)ON1C(=O)CCC1=O. The molecule has 0 atom stereocenters. The summed E-state index contributed by atoms with van der Waals surface area (Å²) < 4.78 is 87.9. The molecule has 0 N–H and O–H groups in total. The Bertz CT molecular complexity index is 1660. The van der Waals surface area contributed by atoms with Crippen molar-refractivity contribution in [2.75, 3.05) is 11.4 Å². The first-order valence-corrected chi connectivity index (χ1v) is 16.8. The number of anilines is 2. The predicted molar refractivity (Wildman–Crippen MR) is 173 cm³/mol. The number of carbonyl (C=O) groups is 4. The van der Waals surface area contributed by atoms with Crippen LogP contribution in [0.5, 0.6) is 5.75 Å². The molecule has 0 saturated carbocycles. The number of halogens is 6. The largest absolute Gasteiger partial charge is 0.425 e. The van der Waals surface area contributed by atoms with Crippen LogP contribution in [-0.2, 0) is 36.4 Å².